The van der Waals surface area contributed by atoms with Gasteiger partial charge in [0.1, 0.15) is 0 Å². The molecule has 0 amide bonds. The summed E-state index contributed by atoms with van der Waals surface area (Å²) in [5, 5.41) is 0.822. The van der Waals surface area contributed by atoms with Gasteiger partial charge in [-0.2, -0.15) is 0 Å². The van der Waals surface area contributed by atoms with E-state index in [0.717, 1.165) is 35.3 Å². The average molecular weight is 365 g/mol. The summed E-state index contributed by atoms with van der Waals surface area (Å²) in [5.74, 6) is 3.61. The van der Waals surface area contributed by atoms with Crippen molar-refractivity contribution in [2.24, 2.45) is 23.7 Å². The van der Waals surface area contributed by atoms with Crippen LogP contribution in [0.15, 0.2) is 48.5 Å². The Balaban J connectivity index is 1.27. The van der Waals surface area contributed by atoms with Crippen LogP contribution in [-0.2, 0) is 6.42 Å². The molecule has 0 spiro atoms. The molecular formula is C24H25ClO. The van der Waals surface area contributed by atoms with E-state index in [2.05, 4.69) is 24.3 Å². The van der Waals surface area contributed by atoms with Crippen LogP contribution in [0, 0.1) is 23.7 Å². The van der Waals surface area contributed by atoms with Crippen molar-refractivity contribution in [3.63, 3.8) is 0 Å². The zero-order valence-electron chi connectivity index (χ0n) is 15.0. The van der Waals surface area contributed by atoms with Crippen LogP contribution in [0.5, 0.6) is 0 Å². The first-order chi connectivity index (χ1) is 12.7. The number of carbonyl (C=O) groups is 1. The highest BCUT2D eigenvalue weighted by molar-refractivity contribution is 6.30. The molecule has 0 radical (unpaired) electrons. The van der Waals surface area contributed by atoms with E-state index in [9.17, 15) is 4.79 Å². The summed E-state index contributed by atoms with van der Waals surface area (Å²) in [5.41, 5.74) is 3.71. The van der Waals surface area contributed by atoms with Gasteiger partial charge < -0.3 is 0 Å². The van der Waals surface area contributed by atoms with E-state index in [1.165, 1.54) is 36.8 Å². The number of hydrogen-bond donors (Lipinski definition) is 0. The summed E-state index contributed by atoms with van der Waals surface area (Å²) in [6.45, 7) is 0. The Morgan fingerprint density at radius 1 is 0.846 bits per heavy atom. The minimum absolute atomic E-state index is 0.276. The van der Waals surface area contributed by atoms with Crippen LogP contribution in [0.2, 0.25) is 5.02 Å². The number of benzene rings is 2. The molecule has 2 saturated carbocycles. The van der Waals surface area contributed by atoms with Crippen molar-refractivity contribution >= 4 is 17.4 Å². The van der Waals surface area contributed by atoms with E-state index in [-0.39, 0.29) is 5.92 Å². The molecule has 0 aliphatic heterocycles. The SMILES string of the molecule is O=C1c2ccccc2CCC1C1CC2CC(c3ccc(Cl)cc3)CCC21. The molecule has 3 aliphatic carbocycles. The van der Waals surface area contributed by atoms with E-state index in [0.29, 0.717) is 17.6 Å². The molecule has 0 aromatic heterocycles. The molecule has 26 heavy (non-hydrogen) atoms. The average Bonchev–Trinajstić information content (AvgIpc) is 2.65. The number of Topliss-reactive ketones (excluding diaryl/α,β-unsaturated/α-hetero) is 1. The lowest BCUT2D eigenvalue weighted by Gasteiger charge is -2.53. The van der Waals surface area contributed by atoms with Gasteiger partial charge >= 0.3 is 0 Å². The van der Waals surface area contributed by atoms with Gasteiger partial charge in [0.05, 0.1) is 0 Å². The second kappa shape index (κ2) is 6.53. The Labute approximate surface area is 160 Å². The first-order valence-corrected chi connectivity index (χ1v) is 10.5. The molecule has 3 aliphatic rings. The van der Waals surface area contributed by atoms with E-state index in [1.54, 1.807) is 0 Å². The Hall–Kier alpha value is -1.60. The number of halogens is 1. The van der Waals surface area contributed by atoms with Crippen LogP contribution >= 0.6 is 11.6 Å². The summed E-state index contributed by atoms with van der Waals surface area (Å²) in [6.07, 6.45) is 7.23. The number of carbonyl (C=O) groups excluding carboxylic acids is 1. The maximum absolute atomic E-state index is 13.0. The highest BCUT2D eigenvalue weighted by Gasteiger charge is 2.50. The fourth-order valence-corrected chi connectivity index (χ4v) is 6.11. The molecule has 134 valence electrons. The monoisotopic (exact) mass is 364 g/mol. The van der Waals surface area contributed by atoms with Crippen LogP contribution in [-0.4, -0.2) is 5.78 Å². The normalized spacial score (nSPS) is 33.1. The zero-order valence-corrected chi connectivity index (χ0v) is 15.8. The number of aryl methyl sites for hydroxylation is 1. The minimum Gasteiger partial charge on any atom is -0.294 e. The predicted octanol–water partition coefficient (Wildman–Crippen LogP) is 6.31. The molecule has 0 saturated heterocycles. The Morgan fingerprint density at radius 3 is 2.46 bits per heavy atom. The number of ketones is 1. The molecule has 0 heterocycles. The standard InChI is InChI=1S/C24H25ClO/c25-19-9-5-15(6-10-19)17-8-11-20-18(13-17)14-23(20)22-12-7-16-3-1-2-4-21(16)24(22)26/h1-6,9-10,17-18,20,22-23H,7-8,11-14H2. The van der Waals surface area contributed by atoms with Crippen molar-refractivity contribution in [3.05, 3.63) is 70.2 Å². The van der Waals surface area contributed by atoms with Gasteiger partial charge in [-0.1, -0.05) is 48.0 Å². The molecule has 2 heteroatoms. The number of fused-ring (bicyclic) bond motifs is 2. The van der Waals surface area contributed by atoms with Crippen molar-refractivity contribution in [3.8, 4) is 0 Å². The predicted molar refractivity (Wildman–Crippen MR) is 106 cm³/mol. The van der Waals surface area contributed by atoms with Crippen LogP contribution in [0.25, 0.3) is 0 Å². The zero-order chi connectivity index (χ0) is 17.7. The Bertz CT molecular complexity index is 824. The van der Waals surface area contributed by atoms with Crippen LogP contribution in [0.1, 0.15) is 59.5 Å². The lowest BCUT2D eigenvalue weighted by molar-refractivity contribution is -0.0141. The first kappa shape index (κ1) is 16.6. The van der Waals surface area contributed by atoms with E-state index in [4.69, 9.17) is 11.6 Å². The molecule has 0 N–H and O–H groups in total. The summed E-state index contributed by atoms with van der Waals surface area (Å²) < 4.78 is 0. The molecule has 5 rings (SSSR count). The Kier molecular flexibility index (Phi) is 4.16. The van der Waals surface area contributed by atoms with Crippen molar-refractivity contribution in [1.82, 2.24) is 0 Å². The molecule has 5 atom stereocenters. The summed E-state index contributed by atoms with van der Waals surface area (Å²) >= 11 is 6.04. The maximum Gasteiger partial charge on any atom is 0.166 e. The third-order valence-corrected chi connectivity index (χ3v) is 7.62. The maximum atomic E-state index is 13.0. The van der Waals surface area contributed by atoms with E-state index in [1.807, 2.05) is 24.3 Å². The highest BCUT2D eigenvalue weighted by Crippen LogP contribution is 2.57. The third kappa shape index (κ3) is 2.72. The molecular weight excluding hydrogens is 340 g/mol. The van der Waals surface area contributed by atoms with E-state index < -0.39 is 0 Å². The lowest BCUT2D eigenvalue weighted by Crippen LogP contribution is -2.47. The van der Waals surface area contributed by atoms with Crippen molar-refractivity contribution in [2.75, 3.05) is 0 Å². The van der Waals surface area contributed by atoms with Crippen molar-refractivity contribution in [2.45, 2.75) is 44.4 Å². The van der Waals surface area contributed by atoms with Gasteiger partial charge in [-0.05, 0) is 85.5 Å². The van der Waals surface area contributed by atoms with Crippen molar-refractivity contribution < 1.29 is 4.79 Å². The highest BCUT2D eigenvalue weighted by atomic mass is 35.5. The fourth-order valence-electron chi connectivity index (χ4n) is 5.98. The fraction of sp³-hybridized carbons (Fsp3) is 0.458. The first-order valence-electron chi connectivity index (χ1n) is 10.1. The smallest absolute Gasteiger partial charge is 0.166 e. The van der Waals surface area contributed by atoms with Gasteiger partial charge in [-0.25, -0.2) is 0 Å². The third-order valence-electron chi connectivity index (χ3n) is 7.37. The van der Waals surface area contributed by atoms with E-state index >= 15 is 0 Å². The van der Waals surface area contributed by atoms with Gasteiger partial charge in [-0.15, -0.1) is 0 Å². The van der Waals surface area contributed by atoms with Crippen LogP contribution in [0.4, 0.5) is 0 Å². The number of hydrogen-bond acceptors (Lipinski definition) is 1. The van der Waals surface area contributed by atoms with Gasteiger partial charge in [0.15, 0.2) is 5.78 Å². The molecule has 2 aromatic carbocycles. The molecule has 2 fully saturated rings. The van der Waals surface area contributed by atoms with Gasteiger partial charge in [0.2, 0.25) is 0 Å². The van der Waals surface area contributed by atoms with Crippen molar-refractivity contribution in [1.29, 1.82) is 0 Å². The molecule has 1 nitrogen and oxygen atoms in total. The van der Waals surface area contributed by atoms with Gasteiger partial charge in [-0.3, -0.25) is 4.79 Å². The number of rotatable bonds is 2. The second-order valence-corrected chi connectivity index (χ2v) is 8.99. The molecule has 5 unspecified atom stereocenters. The second-order valence-electron chi connectivity index (χ2n) is 8.55. The van der Waals surface area contributed by atoms with Gasteiger partial charge in [0.25, 0.3) is 0 Å². The quantitative estimate of drug-likeness (QED) is 0.610. The van der Waals surface area contributed by atoms with Crippen LogP contribution in [0.3, 0.4) is 0 Å². The summed E-state index contributed by atoms with van der Waals surface area (Å²) in [7, 11) is 0. The molecule has 0 bridgehead atoms. The van der Waals surface area contributed by atoms with Gasteiger partial charge in [0, 0.05) is 16.5 Å². The van der Waals surface area contributed by atoms with Crippen LogP contribution < -0.4 is 0 Å². The Morgan fingerprint density at radius 2 is 1.65 bits per heavy atom. The lowest BCUT2D eigenvalue weighted by atomic mass is 9.51. The topological polar surface area (TPSA) is 17.1 Å². The summed E-state index contributed by atoms with van der Waals surface area (Å²) in [4.78, 5) is 13.0. The molecule has 2 aromatic rings. The largest absolute Gasteiger partial charge is 0.294 e. The minimum atomic E-state index is 0.276. The summed E-state index contributed by atoms with van der Waals surface area (Å²) in [6, 6.07) is 16.7.